The van der Waals surface area contributed by atoms with Gasteiger partial charge in [0.15, 0.2) is 0 Å². The number of rotatable bonds is 6. The summed E-state index contributed by atoms with van der Waals surface area (Å²) in [6, 6.07) is 0.328. The van der Waals surface area contributed by atoms with Crippen molar-refractivity contribution in [2.24, 2.45) is 5.92 Å². The van der Waals surface area contributed by atoms with Gasteiger partial charge in [0.2, 0.25) is 10.0 Å². The summed E-state index contributed by atoms with van der Waals surface area (Å²) in [5, 5.41) is -0.366. The lowest BCUT2D eigenvalue weighted by Gasteiger charge is -2.35. The van der Waals surface area contributed by atoms with Crippen molar-refractivity contribution < 1.29 is 13.2 Å². The lowest BCUT2D eigenvalue weighted by molar-refractivity contribution is 0.186. The second-order valence-electron chi connectivity index (χ2n) is 8.60. The highest BCUT2D eigenvalue weighted by Gasteiger charge is 2.50. The van der Waals surface area contributed by atoms with Crippen molar-refractivity contribution in [3.63, 3.8) is 0 Å². The molecule has 3 aliphatic carbocycles. The number of likely N-dealkylation sites (N-methyl/N-ethyl adjacent to an activating group) is 1. The second-order valence-corrected chi connectivity index (χ2v) is 10.6. The van der Waals surface area contributed by atoms with Crippen LogP contribution in [0.25, 0.3) is 0 Å². The van der Waals surface area contributed by atoms with E-state index in [0.717, 1.165) is 38.1 Å². The van der Waals surface area contributed by atoms with E-state index in [0.29, 0.717) is 12.8 Å². The maximum absolute atomic E-state index is 12.7. The number of carbonyl (C=O) groups excluding carboxylic acids is 1. The summed E-state index contributed by atoms with van der Waals surface area (Å²) >= 11 is 0. The van der Waals surface area contributed by atoms with E-state index in [9.17, 15) is 13.2 Å². The number of hydrogen-bond acceptors (Lipinski definition) is 3. The number of sulfonamides is 1. The zero-order chi connectivity index (χ0) is 17.1. The first-order valence-corrected chi connectivity index (χ1v) is 10.9. The molecule has 1 heterocycles. The van der Waals surface area contributed by atoms with Crippen LogP contribution in [0, 0.1) is 5.92 Å². The Morgan fingerprint density at radius 2 is 1.88 bits per heavy atom. The highest BCUT2D eigenvalue weighted by atomic mass is 32.2. The molecule has 1 aliphatic heterocycles. The minimum atomic E-state index is -3.30. The van der Waals surface area contributed by atoms with Crippen LogP contribution in [-0.2, 0) is 10.0 Å². The maximum atomic E-state index is 12.7. The van der Waals surface area contributed by atoms with Gasteiger partial charge < -0.3 is 9.80 Å². The number of fused-ring (bicyclic) bond motifs is 1. The third-order valence-electron chi connectivity index (χ3n) is 6.48. The molecule has 1 saturated heterocycles. The fourth-order valence-electron chi connectivity index (χ4n) is 4.35. The molecule has 2 amide bonds. The summed E-state index contributed by atoms with van der Waals surface area (Å²) in [6.07, 6.45) is 7.59. The molecule has 6 nitrogen and oxygen atoms in total. The molecule has 4 aliphatic rings. The van der Waals surface area contributed by atoms with E-state index in [-0.39, 0.29) is 28.9 Å². The molecule has 0 spiro atoms. The largest absolute Gasteiger partial charge is 0.323 e. The molecule has 0 bridgehead atoms. The van der Waals surface area contributed by atoms with Gasteiger partial charge in [0, 0.05) is 19.1 Å². The molecule has 24 heavy (non-hydrogen) atoms. The van der Waals surface area contributed by atoms with Crippen LogP contribution in [0.4, 0.5) is 4.79 Å². The standard InChI is InChI=1S/C17H29N3O3S/c1-17(8-9-17)18-24(22,23)13-5-6-14-15(11-13)19(2)16(21)20(14)10-7-12-3-4-12/h12-15,18H,3-11H2,1-2H3. The summed E-state index contributed by atoms with van der Waals surface area (Å²) in [5.41, 5.74) is -0.219. The monoisotopic (exact) mass is 355 g/mol. The highest BCUT2D eigenvalue weighted by Crippen LogP contribution is 2.40. The first-order valence-electron chi connectivity index (χ1n) is 9.35. The fraction of sp³-hybridized carbons (Fsp3) is 0.941. The lowest BCUT2D eigenvalue weighted by atomic mass is 9.90. The summed E-state index contributed by atoms with van der Waals surface area (Å²) < 4.78 is 28.3. The third kappa shape index (κ3) is 3.05. The zero-order valence-electron chi connectivity index (χ0n) is 14.7. The van der Waals surface area contributed by atoms with Crippen LogP contribution >= 0.6 is 0 Å². The number of amides is 2. The molecule has 4 rings (SSSR count). The van der Waals surface area contributed by atoms with Crippen molar-refractivity contribution in [2.75, 3.05) is 13.6 Å². The van der Waals surface area contributed by atoms with Gasteiger partial charge in [-0.3, -0.25) is 0 Å². The average molecular weight is 356 g/mol. The quantitative estimate of drug-likeness (QED) is 0.791. The van der Waals surface area contributed by atoms with Crippen molar-refractivity contribution in [3.05, 3.63) is 0 Å². The van der Waals surface area contributed by atoms with Crippen molar-refractivity contribution in [3.8, 4) is 0 Å². The Morgan fingerprint density at radius 3 is 2.50 bits per heavy atom. The van der Waals surface area contributed by atoms with Gasteiger partial charge in [0.1, 0.15) is 0 Å². The first-order chi connectivity index (χ1) is 11.3. The number of carbonyl (C=O) groups is 1. The van der Waals surface area contributed by atoms with Gasteiger partial charge in [-0.1, -0.05) is 12.8 Å². The molecule has 0 aromatic carbocycles. The maximum Gasteiger partial charge on any atom is 0.320 e. The van der Waals surface area contributed by atoms with Gasteiger partial charge in [-0.2, -0.15) is 0 Å². The summed E-state index contributed by atoms with van der Waals surface area (Å²) in [4.78, 5) is 16.4. The molecule has 3 atom stereocenters. The molecule has 0 aromatic rings. The predicted octanol–water partition coefficient (Wildman–Crippen LogP) is 1.92. The lowest BCUT2D eigenvalue weighted by Crippen LogP contribution is -2.49. The molecule has 4 fully saturated rings. The van der Waals surface area contributed by atoms with Crippen LogP contribution in [0.15, 0.2) is 0 Å². The van der Waals surface area contributed by atoms with Crippen molar-refractivity contribution in [1.82, 2.24) is 14.5 Å². The molecule has 136 valence electrons. The number of nitrogens with one attached hydrogen (secondary N) is 1. The Bertz CT molecular complexity index is 627. The second kappa shape index (κ2) is 5.59. The van der Waals surface area contributed by atoms with Crippen LogP contribution in [0.2, 0.25) is 0 Å². The average Bonchev–Trinajstić information content (AvgIpc) is 3.44. The third-order valence-corrected chi connectivity index (χ3v) is 8.56. The first kappa shape index (κ1) is 16.6. The highest BCUT2D eigenvalue weighted by molar-refractivity contribution is 7.90. The van der Waals surface area contributed by atoms with Gasteiger partial charge in [0.25, 0.3) is 0 Å². The Kier molecular flexibility index (Phi) is 3.88. The van der Waals surface area contributed by atoms with Crippen LogP contribution in [0.5, 0.6) is 0 Å². The molecule has 3 unspecified atom stereocenters. The van der Waals surface area contributed by atoms with Gasteiger partial charge in [-0.15, -0.1) is 0 Å². The molecular weight excluding hydrogens is 326 g/mol. The summed E-state index contributed by atoms with van der Waals surface area (Å²) in [6.45, 7) is 2.81. The number of hydrogen-bond donors (Lipinski definition) is 1. The van der Waals surface area contributed by atoms with E-state index in [1.165, 1.54) is 12.8 Å². The van der Waals surface area contributed by atoms with E-state index in [2.05, 4.69) is 4.72 Å². The number of nitrogens with zero attached hydrogens (tertiary/aromatic N) is 2. The Hall–Kier alpha value is -0.820. The van der Waals surface area contributed by atoms with E-state index in [4.69, 9.17) is 0 Å². The minimum absolute atomic E-state index is 0.0408. The van der Waals surface area contributed by atoms with Gasteiger partial charge in [-0.25, -0.2) is 17.9 Å². The smallest absolute Gasteiger partial charge is 0.320 e. The Balaban J connectivity index is 1.43. The van der Waals surface area contributed by atoms with Crippen molar-refractivity contribution in [2.45, 2.75) is 81.2 Å². The van der Waals surface area contributed by atoms with Crippen LogP contribution in [0.3, 0.4) is 0 Å². The molecule has 0 radical (unpaired) electrons. The Labute approximate surface area is 145 Å². The van der Waals surface area contributed by atoms with Gasteiger partial charge >= 0.3 is 6.03 Å². The van der Waals surface area contributed by atoms with Gasteiger partial charge in [-0.05, 0) is 51.4 Å². The SMILES string of the molecule is CN1C(=O)N(CCC2CC2)C2CCC(S(=O)(=O)NC3(C)CC3)CC21. The molecule has 7 heteroatoms. The van der Waals surface area contributed by atoms with E-state index >= 15 is 0 Å². The summed E-state index contributed by atoms with van der Waals surface area (Å²) in [5.74, 6) is 0.808. The molecular formula is C17H29N3O3S. The van der Waals surface area contributed by atoms with E-state index < -0.39 is 10.0 Å². The fourth-order valence-corrected chi connectivity index (χ4v) is 6.30. The zero-order valence-corrected chi connectivity index (χ0v) is 15.5. The van der Waals surface area contributed by atoms with Crippen molar-refractivity contribution in [1.29, 1.82) is 0 Å². The molecule has 0 aromatic heterocycles. The predicted molar refractivity (Wildman–Crippen MR) is 92.1 cm³/mol. The topological polar surface area (TPSA) is 69.7 Å². The van der Waals surface area contributed by atoms with Crippen molar-refractivity contribution >= 4 is 16.1 Å². The van der Waals surface area contributed by atoms with E-state index in [1.54, 1.807) is 4.90 Å². The number of urea groups is 1. The molecule has 3 saturated carbocycles. The normalized spacial score (nSPS) is 35.2. The van der Waals surface area contributed by atoms with Crippen LogP contribution < -0.4 is 4.72 Å². The van der Waals surface area contributed by atoms with Gasteiger partial charge in [0.05, 0.1) is 17.3 Å². The van der Waals surface area contributed by atoms with E-state index in [1.807, 2.05) is 18.9 Å². The van der Waals surface area contributed by atoms with Crippen LogP contribution in [0.1, 0.15) is 58.3 Å². The Morgan fingerprint density at radius 1 is 1.17 bits per heavy atom. The minimum Gasteiger partial charge on any atom is -0.323 e. The molecule has 1 N–H and O–H groups in total. The van der Waals surface area contributed by atoms with Crippen LogP contribution in [-0.4, -0.2) is 60.7 Å². The summed E-state index contributed by atoms with van der Waals surface area (Å²) in [7, 11) is -1.46.